The molecule has 0 saturated heterocycles. The molecule has 0 aliphatic rings. The summed E-state index contributed by atoms with van der Waals surface area (Å²) in [5.74, 6) is 0. The van der Waals surface area contributed by atoms with E-state index >= 15 is 0 Å². The number of halogens is 1. The van der Waals surface area contributed by atoms with E-state index in [0.29, 0.717) is 6.54 Å². The predicted octanol–water partition coefficient (Wildman–Crippen LogP) is 2.11. The van der Waals surface area contributed by atoms with Crippen LogP contribution in [-0.2, 0) is 6.54 Å². The molecule has 0 unspecified atom stereocenters. The van der Waals surface area contributed by atoms with Crippen LogP contribution in [0.2, 0.25) is 0 Å². The van der Waals surface area contributed by atoms with Crippen molar-refractivity contribution < 1.29 is 0 Å². The highest BCUT2D eigenvalue weighted by molar-refractivity contribution is 9.10. The van der Waals surface area contributed by atoms with Crippen LogP contribution < -0.4 is 5.73 Å². The Morgan fingerprint density at radius 3 is 2.75 bits per heavy atom. The van der Waals surface area contributed by atoms with E-state index in [-0.39, 0.29) is 0 Å². The maximum atomic E-state index is 5.75. The quantitative estimate of drug-likeness (QED) is 0.917. The number of rotatable bonds is 2. The third kappa shape index (κ3) is 2.01. The summed E-state index contributed by atoms with van der Waals surface area (Å²) < 4.78 is 2.76. The van der Waals surface area contributed by atoms with Crippen molar-refractivity contribution in [3.8, 4) is 5.69 Å². The minimum atomic E-state index is 0.464. The number of aromatic nitrogens is 3. The highest BCUT2D eigenvalue weighted by Gasteiger charge is 2.09. The fraction of sp³-hybridized carbons (Fsp3) is 0.273. The lowest BCUT2D eigenvalue weighted by Crippen LogP contribution is -2.09. The lowest BCUT2D eigenvalue weighted by atomic mass is 10.1. The number of nitrogens with zero attached hydrogens (tertiary/aromatic N) is 3. The number of hydrogen-bond acceptors (Lipinski definition) is 3. The molecule has 0 aliphatic heterocycles. The van der Waals surface area contributed by atoms with Gasteiger partial charge in [-0.3, -0.25) is 4.98 Å². The largest absolute Gasteiger partial charge is 0.326 e. The predicted molar refractivity (Wildman–Crippen MR) is 66.4 cm³/mol. The fourth-order valence-electron chi connectivity index (χ4n) is 1.72. The SMILES string of the molecule is Cc1cc(-n2cc(Br)cn2)c(CN)c(C)n1. The first kappa shape index (κ1) is 11.3. The van der Waals surface area contributed by atoms with E-state index in [1.807, 2.05) is 30.8 Å². The van der Waals surface area contributed by atoms with Gasteiger partial charge in [-0.1, -0.05) is 0 Å². The van der Waals surface area contributed by atoms with E-state index in [2.05, 4.69) is 26.0 Å². The van der Waals surface area contributed by atoms with Gasteiger partial charge >= 0.3 is 0 Å². The van der Waals surface area contributed by atoms with Crippen LogP contribution in [0.25, 0.3) is 5.69 Å². The van der Waals surface area contributed by atoms with Gasteiger partial charge in [0.15, 0.2) is 0 Å². The number of nitrogens with two attached hydrogens (primary N) is 1. The van der Waals surface area contributed by atoms with Gasteiger partial charge in [0, 0.05) is 29.7 Å². The molecule has 2 rings (SSSR count). The van der Waals surface area contributed by atoms with Gasteiger partial charge in [-0.15, -0.1) is 0 Å². The van der Waals surface area contributed by atoms with E-state index in [0.717, 1.165) is 27.1 Å². The molecule has 0 bridgehead atoms. The van der Waals surface area contributed by atoms with Gasteiger partial charge in [0.2, 0.25) is 0 Å². The van der Waals surface area contributed by atoms with Gasteiger partial charge in [-0.25, -0.2) is 4.68 Å². The summed E-state index contributed by atoms with van der Waals surface area (Å²) in [7, 11) is 0. The van der Waals surface area contributed by atoms with E-state index in [1.54, 1.807) is 6.20 Å². The van der Waals surface area contributed by atoms with Crippen molar-refractivity contribution in [2.24, 2.45) is 5.73 Å². The lowest BCUT2D eigenvalue weighted by Gasteiger charge is -2.11. The van der Waals surface area contributed by atoms with Crippen molar-refractivity contribution in [2.45, 2.75) is 20.4 Å². The maximum absolute atomic E-state index is 5.75. The van der Waals surface area contributed by atoms with Gasteiger partial charge in [0.05, 0.1) is 16.4 Å². The minimum absolute atomic E-state index is 0.464. The second-order valence-electron chi connectivity index (χ2n) is 3.65. The van der Waals surface area contributed by atoms with Crippen LogP contribution in [0.15, 0.2) is 22.9 Å². The van der Waals surface area contributed by atoms with Crippen LogP contribution >= 0.6 is 15.9 Å². The van der Waals surface area contributed by atoms with E-state index in [4.69, 9.17) is 5.73 Å². The molecule has 2 aromatic rings. The van der Waals surface area contributed by atoms with Gasteiger partial charge in [0.1, 0.15) is 0 Å². The van der Waals surface area contributed by atoms with Gasteiger partial charge in [0.25, 0.3) is 0 Å². The zero-order valence-electron chi connectivity index (χ0n) is 9.24. The Bertz CT molecular complexity index is 519. The zero-order valence-corrected chi connectivity index (χ0v) is 10.8. The fourth-order valence-corrected chi connectivity index (χ4v) is 2.01. The van der Waals surface area contributed by atoms with E-state index < -0.39 is 0 Å². The molecule has 0 saturated carbocycles. The number of hydrogen-bond donors (Lipinski definition) is 1. The van der Waals surface area contributed by atoms with Crippen molar-refractivity contribution in [1.82, 2.24) is 14.8 Å². The highest BCUT2D eigenvalue weighted by atomic mass is 79.9. The van der Waals surface area contributed by atoms with Gasteiger partial charge < -0.3 is 5.73 Å². The van der Waals surface area contributed by atoms with Crippen molar-refractivity contribution >= 4 is 15.9 Å². The average Bonchev–Trinajstić information content (AvgIpc) is 2.63. The molecule has 0 aromatic carbocycles. The molecule has 2 aromatic heterocycles. The summed E-state index contributed by atoms with van der Waals surface area (Å²) in [6.07, 6.45) is 3.67. The normalized spacial score (nSPS) is 10.8. The number of pyridine rings is 1. The van der Waals surface area contributed by atoms with Gasteiger partial charge in [-0.2, -0.15) is 5.10 Å². The second kappa shape index (κ2) is 4.35. The Morgan fingerprint density at radius 1 is 1.44 bits per heavy atom. The second-order valence-corrected chi connectivity index (χ2v) is 4.57. The minimum Gasteiger partial charge on any atom is -0.326 e. The molecular weight excluding hydrogens is 268 g/mol. The highest BCUT2D eigenvalue weighted by Crippen LogP contribution is 2.19. The first-order valence-corrected chi connectivity index (χ1v) is 5.79. The maximum Gasteiger partial charge on any atom is 0.0727 e. The average molecular weight is 281 g/mol. The molecular formula is C11H13BrN4. The van der Waals surface area contributed by atoms with Crippen molar-refractivity contribution in [2.75, 3.05) is 0 Å². The van der Waals surface area contributed by atoms with E-state index in [9.17, 15) is 0 Å². The van der Waals surface area contributed by atoms with Gasteiger partial charge in [-0.05, 0) is 35.8 Å². The first-order chi connectivity index (χ1) is 7.61. The summed E-state index contributed by atoms with van der Waals surface area (Å²) in [6.45, 7) is 4.40. The smallest absolute Gasteiger partial charge is 0.0727 e. The van der Waals surface area contributed by atoms with Crippen LogP contribution in [0.4, 0.5) is 0 Å². The Kier molecular flexibility index (Phi) is 3.07. The molecule has 16 heavy (non-hydrogen) atoms. The third-order valence-electron chi connectivity index (χ3n) is 2.44. The number of aryl methyl sites for hydroxylation is 2. The Hall–Kier alpha value is -1.20. The van der Waals surface area contributed by atoms with Crippen molar-refractivity contribution in [1.29, 1.82) is 0 Å². The topological polar surface area (TPSA) is 56.7 Å². The monoisotopic (exact) mass is 280 g/mol. The zero-order chi connectivity index (χ0) is 11.7. The molecule has 2 heterocycles. The van der Waals surface area contributed by atoms with Crippen molar-refractivity contribution in [3.05, 3.63) is 39.9 Å². The standard InChI is InChI=1S/C11H13BrN4/c1-7-3-11(10(4-13)8(2)15-7)16-6-9(12)5-14-16/h3,5-6H,4,13H2,1-2H3. The molecule has 0 radical (unpaired) electrons. The van der Waals surface area contributed by atoms with Crippen LogP contribution in [0.1, 0.15) is 17.0 Å². The molecule has 0 atom stereocenters. The Morgan fingerprint density at radius 2 is 2.19 bits per heavy atom. The molecule has 84 valence electrons. The molecule has 0 fully saturated rings. The van der Waals surface area contributed by atoms with Crippen LogP contribution in [0, 0.1) is 13.8 Å². The van der Waals surface area contributed by atoms with Crippen LogP contribution in [0.5, 0.6) is 0 Å². The summed E-state index contributed by atoms with van der Waals surface area (Å²) in [6, 6.07) is 1.99. The summed E-state index contributed by atoms with van der Waals surface area (Å²) in [5, 5.41) is 4.26. The summed E-state index contributed by atoms with van der Waals surface area (Å²) >= 11 is 3.38. The molecule has 2 N–H and O–H groups in total. The van der Waals surface area contributed by atoms with Crippen LogP contribution in [0.3, 0.4) is 0 Å². The van der Waals surface area contributed by atoms with Crippen LogP contribution in [-0.4, -0.2) is 14.8 Å². The third-order valence-corrected chi connectivity index (χ3v) is 2.85. The summed E-state index contributed by atoms with van der Waals surface area (Å²) in [4.78, 5) is 4.40. The molecule has 5 heteroatoms. The lowest BCUT2D eigenvalue weighted by molar-refractivity contribution is 0.841. The van der Waals surface area contributed by atoms with Crippen molar-refractivity contribution in [3.63, 3.8) is 0 Å². The van der Waals surface area contributed by atoms with E-state index in [1.165, 1.54) is 0 Å². The molecule has 0 aliphatic carbocycles. The molecule has 0 amide bonds. The first-order valence-electron chi connectivity index (χ1n) is 4.99. The molecule has 4 nitrogen and oxygen atoms in total. The Labute approximate surface area is 103 Å². The summed E-state index contributed by atoms with van der Waals surface area (Å²) in [5.41, 5.74) is 9.71. The molecule has 0 spiro atoms. The Balaban J connectivity index is 2.63.